The first kappa shape index (κ1) is 22.1. The molecule has 0 spiro atoms. The number of benzene rings is 1. The largest absolute Gasteiger partial charge is 0.484 e. The van der Waals surface area contributed by atoms with Gasteiger partial charge in [0.25, 0.3) is 5.91 Å². The molecule has 0 bridgehead atoms. The number of nitrogens with zero attached hydrogens (tertiary/aromatic N) is 3. The minimum atomic E-state index is -0.125. The molecule has 4 rings (SSSR count). The third-order valence-corrected chi connectivity index (χ3v) is 5.95. The van der Waals surface area contributed by atoms with E-state index in [1.165, 1.54) is 29.7 Å². The maximum absolute atomic E-state index is 12.3. The Morgan fingerprint density at radius 1 is 1.06 bits per heavy atom. The molecule has 6 heteroatoms. The van der Waals surface area contributed by atoms with E-state index in [9.17, 15) is 4.79 Å². The van der Waals surface area contributed by atoms with Gasteiger partial charge in [-0.15, -0.1) is 0 Å². The summed E-state index contributed by atoms with van der Waals surface area (Å²) in [6.07, 6.45) is 8.08. The van der Waals surface area contributed by atoms with E-state index in [0.717, 1.165) is 24.1 Å². The minimum Gasteiger partial charge on any atom is -0.484 e. The van der Waals surface area contributed by atoms with Crippen LogP contribution in [0.3, 0.4) is 0 Å². The maximum Gasteiger partial charge on any atom is 0.258 e. The van der Waals surface area contributed by atoms with Gasteiger partial charge in [-0.3, -0.25) is 14.5 Å². The Morgan fingerprint density at radius 2 is 1.78 bits per heavy atom. The summed E-state index contributed by atoms with van der Waals surface area (Å²) in [6, 6.07) is 12.0. The number of hydrogen-bond donors (Lipinski definition) is 1. The number of ether oxygens (including phenoxy) is 1. The van der Waals surface area contributed by atoms with E-state index in [1.807, 2.05) is 24.3 Å². The molecule has 3 aromatic rings. The van der Waals surface area contributed by atoms with E-state index in [1.54, 1.807) is 12.4 Å². The molecule has 1 amide bonds. The van der Waals surface area contributed by atoms with Crippen molar-refractivity contribution in [2.24, 2.45) is 0 Å². The van der Waals surface area contributed by atoms with E-state index in [4.69, 9.17) is 9.84 Å². The molecule has 6 nitrogen and oxygen atoms in total. The predicted octanol–water partition coefficient (Wildman–Crippen LogP) is 4.32. The second kappa shape index (κ2) is 9.55. The average Bonchev–Trinajstić information content (AvgIpc) is 3.17. The van der Waals surface area contributed by atoms with Crippen LogP contribution in [-0.4, -0.2) is 33.8 Å². The molecular formula is C26H32N4O2. The second-order valence-corrected chi connectivity index (χ2v) is 9.35. The lowest BCUT2D eigenvalue weighted by Gasteiger charge is -2.19. The lowest BCUT2D eigenvalue weighted by Crippen LogP contribution is -2.32. The monoisotopic (exact) mass is 432 g/mol. The molecule has 32 heavy (non-hydrogen) atoms. The van der Waals surface area contributed by atoms with Crippen molar-refractivity contribution in [1.82, 2.24) is 20.1 Å². The first-order chi connectivity index (χ1) is 15.4. The lowest BCUT2D eigenvalue weighted by atomic mass is 9.87. The summed E-state index contributed by atoms with van der Waals surface area (Å²) in [5.74, 6) is 0.580. The average molecular weight is 433 g/mol. The molecule has 1 aliphatic rings. The van der Waals surface area contributed by atoms with Crippen LogP contribution in [0.4, 0.5) is 0 Å². The fraction of sp³-hybridized carbons (Fsp3) is 0.423. The number of fused-ring (bicyclic) bond motifs is 1. The van der Waals surface area contributed by atoms with Crippen molar-refractivity contribution in [2.45, 2.75) is 58.4 Å². The Kier molecular flexibility index (Phi) is 6.58. The number of carbonyl (C=O) groups excluding carboxylic acids is 1. The topological polar surface area (TPSA) is 69.0 Å². The van der Waals surface area contributed by atoms with Gasteiger partial charge in [0.1, 0.15) is 5.75 Å². The fourth-order valence-corrected chi connectivity index (χ4v) is 4.15. The van der Waals surface area contributed by atoms with Crippen LogP contribution >= 0.6 is 0 Å². The number of pyridine rings is 1. The Labute approximate surface area is 190 Å². The summed E-state index contributed by atoms with van der Waals surface area (Å²) in [5, 5.41) is 7.84. The normalized spacial score (nSPS) is 13.5. The quantitative estimate of drug-likeness (QED) is 0.604. The van der Waals surface area contributed by atoms with Crippen molar-refractivity contribution in [3.63, 3.8) is 0 Å². The van der Waals surface area contributed by atoms with Gasteiger partial charge in [-0.05, 0) is 60.9 Å². The van der Waals surface area contributed by atoms with Crippen LogP contribution in [0.1, 0.15) is 50.4 Å². The molecule has 2 aromatic heterocycles. The highest BCUT2D eigenvalue weighted by Gasteiger charge is 2.21. The van der Waals surface area contributed by atoms with Crippen molar-refractivity contribution < 1.29 is 9.53 Å². The van der Waals surface area contributed by atoms with Crippen LogP contribution in [0, 0.1) is 0 Å². The summed E-state index contributed by atoms with van der Waals surface area (Å²) in [5.41, 5.74) is 6.13. The van der Waals surface area contributed by atoms with Crippen molar-refractivity contribution in [1.29, 1.82) is 0 Å². The number of aromatic nitrogens is 3. The van der Waals surface area contributed by atoms with Crippen LogP contribution in [-0.2, 0) is 29.6 Å². The van der Waals surface area contributed by atoms with E-state index >= 15 is 0 Å². The zero-order valence-corrected chi connectivity index (χ0v) is 19.2. The number of rotatable bonds is 7. The summed E-state index contributed by atoms with van der Waals surface area (Å²) >= 11 is 0. The fourth-order valence-electron chi connectivity index (χ4n) is 4.15. The minimum absolute atomic E-state index is 0.00828. The molecule has 1 N–H and O–H groups in total. The molecule has 0 fully saturated rings. The van der Waals surface area contributed by atoms with E-state index in [0.29, 0.717) is 18.8 Å². The van der Waals surface area contributed by atoms with Gasteiger partial charge in [0.15, 0.2) is 6.61 Å². The van der Waals surface area contributed by atoms with E-state index in [-0.39, 0.29) is 17.9 Å². The van der Waals surface area contributed by atoms with Crippen molar-refractivity contribution in [3.05, 3.63) is 65.6 Å². The first-order valence-electron chi connectivity index (χ1n) is 11.4. The maximum atomic E-state index is 12.3. The van der Waals surface area contributed by atoms with Crippen molar-refractivity contribution >= 4 is 5.91 Å². The third-order valence-electron chi connectivity index (χ3n) is 5.95. The molecule has 1 aliphatic carbocycles. The van der Waals surface area contributed by atoms with Gasteiger partial charge in [-0.1, -0.05) is 32.9 Å². The molecule has 0 saturated heterocycles. The lowest BCUT2D eigenvalue weighted by molar-refractivity contribution is -0.123. The number of hydrogen-bond acceptors (Lipinski definition) is 4. The molecular weight excluding hydrogens is 400 g/mol. The summed E-state index contributed by atoms with van der Waals surface area (Å²) in [4.78, 5) is 16.4. The van der Waals surface area contributed by atoms with Gasteiger partial charge < -0.3 is 10.1 Å². The molecule has 0 atom stereocenters. The van der Waals surface area contributed by atoms with E-state index < -0.39 is 0 Å². The van der Waals surface area contributed by atoms with Crippen LogP contribution in [0.25, 0.3) is 11.3 Å². The third kappa shape index (κ3) is 5.18. The Balaban J connectivity index is 1.31. The number of carbonyl (C=O) groups is 1. The van der Waals surface area contributed by atoms with Gasteiger partial charge in [-0.2, -0.15) is 5.10 Å². The van der Waals surface area contributed by atoms with Crippen molar-refractivity contribution in [3.8, 4) is 17.0 Å². The zero-order valence-electron chi connectivity index (χ0n) is 19.2. The SMILES string of the molecule is CC(C)(C)c1ccc(OCC(=O)NCCn2nc(-c3ccncc3)c3c2CCCC3)cc1. The molecule has 0 saturated carbocycles. The van der Waals surface area contributed by atoms with Crippen LogP contribution in [0.2, 0.25) is 0 Å². The highest BCUT2D eigenvalue weighted by atomic mass is 16.5. The smallest absolute Gasteiger partial charge is 0.258 e. The zero-order chi connectivity index (χ0) is 22.6. The van der Waals surface area contributed by atoms with Gasteiger partial charge in [-0.25, -0.2) is 0 Å². The van der Waals surface area contributed by atoms with Crippen LogP contribution in [0.15, 0.2) is 48.8 Å². The first-order valence-corrected chi connectivity index (χ1v) is 11.4. The van der Waals surface area contributed by atoms with E-state index in [2.05, 4.69) is 47.9 Å². The highest BCUT2D eigenvalue weighted by molar-refractivity contribution is 5.77. The van der Waals surface area contributed by atoms with Gasteiger partial charge in [0.2, 0.25) is 0 Å². The summed E-state index contributed by atoms with van der Waals surface area (Å²) in [7, 11) is 0. The second-order valence-electron chi connectivity index (χ2n) is 9.35. The standard InChI is InChI=1S/C26H32N4O2/c1-26(2,3)20-8-10-21(11-9-20)32-18-24(31)28-16-17-30-23-7-5-4-6-22(23)25(29-30)19-12-14-27-15-13-19/h8-15H,4-7,16-18H2,1-3H3,(H,28,31). The highest BCUT2D eigenvalue weighted by Crippen LogP contribution is 2.31. The van der Waals surface area contributed by atoms with Crippen LogP contribution in [0.5, 0.6) is 5.75 Å². The van der Waals surface area contributed by atoms with Crippen LogP contribution < -0.4 is 10.1 Å². The molecule has 2 heterocycles. The molecule has 1 aromatic carbocycles. The molecule has 0 aliphatic heterocycles. The Bertz CT molecular complexity index is 1050. The summed E-state index contributed by atoms with van der Waals surface area (Å²) < 4.78 is 7.72. The van der Waals surface area contributed by atoms with Gasteiger partial charge in [0, 0.05) is 35.8 Å². The molecule has 168 valence electrons. The van der Waals surface area contributed by atoms with Gasteiger partial charge in [0.05, 0.1) is 12.2 Å². The predicted molar refractivity (Wildman–Crippen MR) is 126 cm³/mol. The Morgan fingerprint density at radius 3 is 2.50 bits per heavy atom. The summed E-state index contributed by atoms with van der Waals surface area (Å²) in [6.45, 7) is 7.70. The number of amides is 1. The molecule has 0 radical (unpaired) electrons. The number of nitrogens with one attached hydrogen (secondary N) is 1. The van der Waals surface area contributed by atoms with Crippen molar-refractivity contribution in [2.75, 3.05) is 13.2 Å². The molecule has 0 unspecified atom stereocenters. The van der Waals surface area contributed by atoms with Gasteiger partial charge >= 0.3 is 0 Å². The Hall–Kier alpha value is -3.15.